The van der Waals surface area contributed by atoms with E-state index in [2.05, 4.69) is 5.92 Å². The molecule has 1 aliphatic heterocycles. The number of carbonyl (C=O) groups is 2. The van der Waals surface area contributed by atoms with Crippen LogP contribution < -0.4 is 0 Å². The number of carbonyl (C=O) groups excluding carboxylic acids is 2. The fraction of sp³-hybridized carbons (Fsp3) is 0.538. The lowest BCUT2D eigenvalue weighted by atomic mass is 9.85. The minimum atomic E-state index is -0.814. The highest BCUT2D eigenvalue weighted by atomic mass is 16.2. The summed E-state index contributed by atoms with van der Waals surface area (Å²) in [5, 5.41) is 0. The standard InChI is InChI=1S/C13H15NO2/c1-4-13(2,3)14-11(15)9-7-5-6-8-10(9)12(14)16/h1,5-6,9-10H,7-8H2,2-3H3. The Kier molecular flexibility index (Phi) is 2.38. The highest BCUT2D eigenvalue weighted by Crippen LogP contribution is 2.38. The van der Waals surface area contributed by atoms with E-state index in [0.717, 1.165) is 0 Å². The lowest BCUT2D eigenvalue weighted by Crippen LogP contribution is -2.47. The van der Waals surface area contributed by atoms with Crippen molar-refractivity contribution in [2.24, 2.45) is 11.8 Å². The maximum atomic E-state index is 12.1. The molecule has 1 saturated heterocycles. The number of amides is 2. The maximum Gasteiger partial charge on any atom is 0.234 e. The molecule has 2 rings (SSSR count). The van der Waals surface area contributed by atoms with Gasteiger partial charge in [-0.2, -0.15) is 0 Å². The van der Waals surface area contributed by atoms with Gasteiger partial charge in [-0.05, 0) is 26.7 Å². The van der Waals surface area contributed by atoms with Crippen molar-refractivity contribution in [1.29, 1.82) is 0 Å². The molecule has 2 atom stereocenters. The van der Waals surface area contributed by atoms with Crippen molar-refractivity contribution in [2.45, 2.75) is 32.2 Å². The summed E-state index contributed by atoms with van der Waals surface area (Å²) >= 11 is 0. The van der Waals surface area contributed by atoms with Crippen LogP contribution in [-0.4, -0.2) is 22.3 Å². The second-order valence-electron chi connectivity index (χ2n) is 4.87. The van der Waals surface area contributed by atoms with Gasteiger partial charge >= 0.3 is 0 Å². The van der Waals surface area contributed by atoms with E-state index in [1.807, 2.05) is 12.2 Å². The molecule has 0 N–H and O–H groups in total. The van der Waals surface area contributed by atoms with Crippen LogP contribution in [0.25, 0.3) is 0 Å². The first-order valence-corrected chi connectivity index (χ1v) is 5.49. The van der Waals surface area contributed by atoms with Crippen LogP contribution in [0.4, 0.5) is 0 Å². The van der Waals surface area contributed by atoms with Crippen molar-refractivity contribution < 1.29 is 9.59 Å². The molecule has 0 saturated carbocycles. The Hall–Kier alpha value is -1.56. The van der Waals surface area contributed by atoms with E-state index in [4.69, 9.17) is 6.42 Å². The van der Waals surface area contributed by atoms with Crippen LogP contribution in [0.1, 0.15) is 26.7 Å². The molecule has 1 heterocycles. The van der Waals surface area contributed by atoms with Crippen molar-refractivity contribution in [3.05, 3.63) is 12.2 Å². The lowest BCUT2D eigenvalue weighted by molar-refractivity contribution is -0.143. The summed E-state index contributed by atoms with van der Waals surface area (Å²) in [5.41, 5.74) is -0.814. The Labute approximate surface area is 95.5 Å². The molecule has 16 heavy (non-hydrogen) atoms. The van der Waals surface area contributed by atoms with Gasteiger partial charge < -0.3 is 0 Å². The third kappa shape index (κ3) is 1.37. The highest BCUT2D eigenvalue weighted by Gasteiger charge is 2.51. The molecule has 0 aromatic carbocycles. The number of terminal acetylenes is 1. The molecule has 0 bridgehead atoms. The number of rotatable bonds is 1. The average molecular weight is 217 g/mol. The van der Waals surface area contributed by atoms with Crippen molar-refractivity contribution >= 4 is 11.8 Å². The van der Waals surface area contributed by atoms with Crippen molar-refractivity contribution in [2.75, 3.05) is 0 Å². The van der Waals surface area contributed by atoms with Crippen LogP contribution in [0.3, 0.4) is 0 Å². The quantitative estimate of drug-likeness (QED) is 0.378. The normalized spacial score (nSPS) is 29.2. The largest absolute Gasteiger partial charge is 0.274 e. The molecule has 1 fully saturated rings. The van der Waals surface area contributed by atoms with Gasteiger partial charge in [0.15, 0.2) is 0 Å². The molecule has 0 aromatic rings. The van der Waals surface area contributed by atoms with E-state index < -0.39 is 5.54 Å². The van der Waals surface area contributed by atoms with E-state index in [9.17, 15) is 9.59 Å². The van der Waals surface area contributed by atoms with E-state index in [-0.39, 0.29) is 23.7 Å². The maximum absolute atomic E-state index is 12.1. The van der Waals surface area contributed by atoms with Crippen molar-refractivity contribution in [3.63, 3.8) is 0 Å². The second kappa shape index (κ2) is 3.48. The van der Waals surface area contributed by atoms with Crippen molar-refractivity contribution in [1.82, 2.24) is 4.90 Å². The van der Waals surface area contributed by atoms with E-state index in [1.165, 1.54) is 4.90 Å². The topological polar surface area (TPSA) is 37.4 Å². The molecule has 0 aromatic heterocycles. The zero-order chi connectivity index (χ0) is 11.9. The molecular weight excluding hydrogens is 202 g/mol. The first-order valence-electron chi connectivity index (χ1n) is 5.49. The van der Waals surface area contributed by atoms with Gasteiger partial charge in [0.25, 0.3) is 0 Å². The molecular formula is C13H15NO2. The Bertz CT molecular complexity index is 388. The predicted octanol–water partition coefficient (Wildman–Crippen LogP) is 1.35. The summed E-state index contributed by atoms with van der Waals surface area (Å²) < 4.78 is 0. The minimum Gasteiger partial charge on any atom is -0.274 e. The average Bonchev–Trinajstić information content (AvgIpc) is 2.53. The SMILES string of the molecule is C#CC(C)(C)N1C(=O)C2CC=CCC2C1=O. The Balaban J connectivity index is 2.36. The fourth-order valence-electron chi connectivity index (χ4n) is 2.42. The van der Waals surface area contributed by atoms with Gasteiger partial charge in [-0.15, -0.1) is 6.42 Å². The van der Waals surface area contributed by atoms with Gasteiger partial charge in [-0.25, -0.2) is 0 Å². The van der Waals surface area contributed by atoms with Gasteiger partial charge in [0.2, 0.25) is 11.8 Å². The molecule has 0 spiro atoms. The first kappa shape index (κ1) is 10.9. The molecule has 2 aliphatic rings. The van der Waals surface area contributed by atoms with Crippen LogP contribution in [-0.2, 0) is 9.59 Å². The number of hydrogen-bond donors (Lipinski definition) is 0. The van der Waals surface area contributed by atoms with Crippen LogP contribution in [0, 0.1) is 24.2 Å². The van der Waals surface area contributed by atoms with Crippen LogP contribution in [0.15, 0.2) is 12.2 Å². The number of nitrogens with zero attached hydrogens (tertiary/aromatic N) is 1. The first-order chi connectivity index (χ1) is 7.49. The van der Waals surface area contributed by atoms with Gasteiger partial charge in [0, 0.05) is 0 Å². The Morgan fingerprint density at radius 3 is 2.06 bits per heavy atom. The van der Waals surface area contributed by atoms with E-state index in [0.29, 0.717) is 12.8 Å². The molecule has 2 unspecified atom stereocenters. The predicted molar refractivity (Wildman–Crippen MR) is 60.1 cm³/mol. The third-order valence-electron chi connectivity index (χ3n) is 3.42. The number of likely N-dealkylation sites (tertiary alicyclic amines) is 1. The van der Waals surface area contributed by atoms with Crippen LogP contribution >= 0.6 is 0 Å². The Morgan fingerprint density at radius 2 is 1.69 bits per heavy atom. The lowest BCUT2D eigenvalue weighted by Gasteiger charge is -2.29. The molecule has 3 heteroatoms. The highest BCUT2D eigenvalue weighted by molar-refractivity contribution is 6.06. The van der Waals surface area contributed by atoms with Gasteiger partial charge in [-0.3, -0.25) is 14.5 Å². The molecule has 84 valence electrons. The smallest absolute Gasteiger partial charge is 0.234 e. The fourth-order valence-corrected chi connectivity index (χ4v) is 2.42. The Morgan fingerprint density at radius 1 is 1.25 bits per heavy atom. The summed E-state index contributed by atoms with van der Waals surface area (Å²) in [7, 11) is 0. The molecule has 0 radical (unpaired) electrons. The monoisotopic (exact) mass is 217 g/mol. The van der Waals surface area contributed by atoms with E-state index in [1.54, 1.807) is 13.8 Å². The van der Waals surface area contributed by atoms with Crippen molar-refractivity contribution in [3.8, 4) is 12.3 Å². The number of allylic oxidation sites excluding steroid dienone is 2. The second-order valence-corrected chi connectivity index (χ2v) is 4.87. The molecule has 3 nitrogen and oxygen atoms in total. The van der Waals surface area contributed by atoms with Crippen LogP contribution in [0.2, 0.25) is 0 Å². The van der Waals surface area contributed by atoms with E-state index >= 15 is 0 Å². The molecule has 1 aliphatic carbocycles. The van der Waals surface area contributed by atoms with Crippen LogP contribution in [0.5, 0.6) is 0 Å². The summed E-state index contributed by atoms with van der Waals surface area (Å²) in [6, 6.07) is 0. The number of hydrogen-bond acceptors (Lipinski definition) is 2. The summed E-state index contributed by atoms with van der Waals surface area (Å²) in [5.74, 6) is 1.92. The van der Waals surface area contributed by atoms with Gasteiger partial charge in [0.1, 0.15) is 5.54 Å². The zero-order valence-corrected chi connectivity index (χ0v) is 9.56. The minimum absolute atomic E-state index is 0.109. The van der Waals surface area contributed by atoms with Gasteiger partial charge in [0.05, 0.1) is 11.8 Å². The zero-order valence-electron chi connectivity index (χ0n) is 9.56. The summed E-state index contributed by atoms with van der Waals surface area (Å²) in [4.78, 5) is 25.5. The van der Waals surface area contributed by atoms with Gasteiger partial charge in [-0.1, -0.05) is 18.1 Å². The molecule has 2 amide bonds. The summed E-state index contributed by atoms with van der Waals surface area (Å²) in [6.07, 6.45) is 10.6. The number of imide groups is 1. The number of fused-ring (bicyclic) bond motifs is 1. The third-order valence-corrected chi connectivity index (χ3v) is 3.42. The summed E-state index contributed by atoms with van der Waals surface area (Å²) in [6.45, 7) is 3.46.